The van der Waals surface area contributed by atoms with E-state index in [0.717, 1.165) is 40.9 Å². The Bertz CT molecular complexity index is 1210. The molecule has 1 aliphatic rings. The van der Waals surface area contributed by atoms with E-state index in [0.29, 0.717) is 17.4 Å². The SMILES string of the molecule is Cc1ccnc(C(=O)Nc2cccc(-c3nncn3C3CC3)c2)c1-c1ccncc1. The van der Waals surface area contributed by atoms with Crippen LogP contribution in [0.2, 0.25) is 0 Å². The van der Waals surface area contributed by atoms with E-state index in [1.165, 1.54) is 0 Å². The fourth-order valence-corrected chi connectivity index (χ4v) is 3.61. The highest BCUT2D eigenvalue weighted by molar-refractivity contribution is 6.07. The van der Waals surface area contributed by atoms with Crippen molar-refractivity contribution in [1.29, 1.82) is 0 Å². The number of rotatable bonds is 5. The number of anilines is 1. The lowest BCUT2D eigenvalue weighted by Crippen LogP contribution is -2.15. The predicted molar refractivity (Wildman–Crippen MR) is 114 cm³/mol. The molecule has 0 bridgehead atoms. The van der Waals surface area contributed by atoms with Crippen molar-refractivity contribution in [3.8, 4) is 22.5 Å². The number of amides is 1. The standard InChI is InChI=1S/C23H20N6O/c1-15-7-12-25-21(20(15)16-8-10-24-11-9-16)23(30)27-18-4-2-3-17(13-18)22-28-26-14-29(22)19-5-6-19/h2-4,7-14,19H,5-6H2,1H3,(H,27,30). The summed E-state index contributed by atoms with van der Waals surface area (Å²) in [4.78, 5) is 21.6. The van der Waals surface area contributed by atoms with Crippen LogP contribution in [-0.4, -0.2) is 30.6 Å². The zero-order valence-corrected chi connectivity index (χ0v) is 16.5. The second-order valence-corrected chi connectivity index (χ2v) is 7.42. The molecule has 1 aliphatic carbocycles. The highest BCUT2D eigenvalue weighted by atomic mass is 16.1. The quantitative estimate of drug-likeness (QED) is 0.544. The molecule has 30 heavy (non-hydrogen) atoms. The fraction of sp³-hybridized carbons (Fsp3) is 0.174. The fourth-order valence-electron chi connectivity index (χ4n) is 3.61. The maximum atomic E-state index is 13.1. The largest absolute Gasteiger partial charge is 0.321 e. The van der Waals surface area contributed by atoms with E-state index in [4.69, 9.17) is 0 Å². The maximum Gasteiger partial charge on any atom is 0.274 e. The van der Waals surface area contributed by atoms with Gasteiger partial charge in [0.05, 0.1) is 0 Å². The van der Waals surface area contributed by atoms with Crippen LogP contribution in [0.5, 0.6) is 0 Å². The lowest BCUT2D eigenvalue weighted by Gasteiger charge is -2.13. The van der Waals surface area contributed by atoms with Crippen molar-refractivity contribution < 1.29 is 4.79 Å². The number of pyridine rings is 2. The van der Waals surface area contributed by atoms with Gasteiger partial charge in [-0.15, -0.1) is 10.2 Å². The number of benzene rings is 1. The van der Waals surface area contributed by atoms with E-state index in [2.05, 4.69) is 30.0 Å². The molecule has 0 aliphatic heterocycles. The number of hydrogen-bond donors (Lipinski definition) is 1. The molecule has 0 saturated heterocycles. The van der Waals surface area contributed by atoms with Crippen molar-refractivity contribution in [1.82, 2.24) is 24.7 Å². The van der Waals surface area contributed by atoms with Gasteiger partial charge in [0.25, 0.3) is 5.91 Å². The minimum Gasteiger partial charge on any atom is -0.321 e. The summed E-state index contributed by atoms with van der Waals surface area (Å²) in [5.41, 5.74) is 4.69. The summed E-state index contributed by atoms with van der Waals surface area (Å²) in [6.07, 6.45) is 9.15. The summed E-state index contributed by atoms with van der Waals surface area (Å²) in [5.74, 6) is 0.561. The summed E-state index contributed by atoms with van der Waals surface area (Å²) in [6, 6.07) is 13.8. The van der Waals surface area contributed by atoms with E-state index in [1.54, 1.807) is 24.9 Å². The molecule has 1 saturated carbocycles. The topological polar surface area (TPSA) is 85.6 Å². The molecule has 1 aromatic carbocycles. The smallest absolute Gasteiger partial charge is 0.274 e. The van der Waals surface area contributed by atoms with Gasteiger partial charge in [0.2, 0.25) is 0 Å². The minimum absolute atomic E-state index is 0.258. The molecule has 1 fully saturated rings. The van der Waals surface area contributed by atoms with Crippen LogP contribution in [0, 0.1) is 6.92 Å². The molecule has 7 heteroatoms. The van der Waals surface area contributed by atoms with Crippen LogP contribution in [0.3, 0.4) is 0 Å². The Balaban J connectivity index is 1.46. The molecular weight excluding hydrogens is 376 g/mol. The van der Waals surface area contributed by atoms with Gasteiger partial charge in [-0.1, -0.05) is 12.1 Å². The first-order chi connectivity index (χ1) is 14.7. The average molecular weight is 396 g/mol. The third-order valence-electron chi connectivity index (χ3n) is 5.24. The Morgan fingerprint density at radius 3 is 2.70 bits per heavy atom. The number of nitrogens with zero attached hydrogens (tertiary/aromatic N) is 5. The third kappa shape index (κ3) is 3.45. The van der Waals surface area contributed by atoms with Crippen molar-refractivity contribution in [3.05, 3.63) is 78.6 Å². The van der Waals surface area contributed by atoms with Gasteiger partial charge >= 0.3 is 0 Å². The second-order valence-electron chi connectivity index (χ2n) is 7.42. The Morgan fingerprint density at radius 1 is 1.07 bits per heavy atom. The lowest BCUT2D eigenvalue weighted by atomic mass is 9.99. The Kier molecular flexibility index (Phi) is 4.55. The Hall–Kier alpha value is -3.87. The van der Waals surface area contributed by atoms with E-state index >= 15 is 0 Å². The van der Waals surface area contributed by atoms with Gasteiger partial charge in [-0.25, -0.2) is 0 Å². The molecule has 5 rings (SSSR count). The lowest BCUT2D eigenvalue weighted by molar-refractivity contribution is 0.102. The monoisotopic (exact) mass is 396 g/mol. The average Bonchev–Trinajstić information content (AvgIpc) is 3.50. The van der Waals surface area contributed by atoms with Gasteiger partial charge in [0.1, 0.15) is 12.0 Å². The van der Waals surface area contributed by atoms with Crippen molar-refractivity contribution >= 4 is 11.6 Å². The van der Waals surface area contributed by atoms with E-state index in [9.17, 15) is 4.79 Å². The number of carbonyl (C=O) groups is 1. The van der Waals surface area contributed by atoms with Gasteiger partial charge in [-0.3, -0.25) is 14.8 Å². The molecule has 0 radical (unpaired) electrons. The summed E-state index contributed by atoms with van der Waals surface area (Å²) < 4.78 is 2.10. The molecule has 0 atom stereocenters. The second kappa shape index (κ2) is 7.51. The molecule has 0 spiro atoms. The van der Waals surface area contributed by atoms with Crippen LogP contribution in [0.4, 0.5) is 5.69 Å². The summed E-state index contributed by atoms with van der Waals surface area (Å²) in [5, 5.41) is 11.3. The molecule has 3 aromatic heterocycles. The van der Waals surface area contributed by atoms with Gasteiger partial charge in [0, 0.05) is 41.4 Å². The van der Waals surface area contributed by atoms with Crippen molar-refractivity contribution in [2.45, 2.75) is 25.8 Å². The summed E-state index contributed by atoms with van der Waals surface area (Å²) >= 11 is 0. The predicted octanol–water partition coefficient (Wildman–Crippen LogP) is 4.30. The van der Waals surface area contributed by atoms with Gasteiger partial charge in [-0.05, 0) is 61.2 Å². The molecule has 1 N–H and O–H groups in total. The zero-order chi connectivity index (χ0) is 20.5. The highest BCUT2D eigenvalue weighted by Gasteiger charge is 2.26. The molecule has 7 nitrogen and oxygen atoms in total. The summed E-state index contributed by atoms with van der Waals surface area (Å²) in [6.45, 7) is 1.97. The van der Waals surface area contributed by atoms with Gasteiger partial charge in [0.15, 0.2) is 5.82 Å². The first-order valence-electron chi connectivity index (χ1n) is 9.88. The van der Waals surface area contributed by atoms with Crippen LogP contribution in [0.25, 0.3) is 22.5 Å². The first kappa shape index (κ1) is 18.2. The third-order valence-corrected chi connectivity index (χ3v) is 5.24. The molecule has 3 heterocycles. The van der Waals surface area contributed by atoms with E-state index < -0.39 is 0 Å². The summed E-state index contributed by atoms with van der Waals surface area (Å²) in [7, 11) is 0. The molecule has 0 unspecified atom stereocenters. The van der Waals surface area contributed by atoms with Crippen molar-refractivity contribution in [2.75, 3.05) is 5.32 Å². The maximum absolute atomic E-state index is 13.1. The van der Waals surface area contributed by atoms with Crippen molar-refractivity contribution in [3.63, 3.8) is 0 Å². The number of aromatic nitrogens is 5. The van der Waals surface area contributed by atoms with Crippen LogP contribution >= 0.6 is 0 Å². The number of hydrogen-bond acceptors (Lipinski definition) is 5. The van der Waals surface area contributed by atoms with Crippen LogP contribution in [0.1, 0.15) is 34.9 Å². The van der Waals surface area contributed by atoms with Crippen molar-refractivity contribution in [2.24, 2.45) is 0 Å². The molecule has 148 valence electrons. The Morgan fingerprint density at radius 2 is 1.90 bits per heavy atom. The van der Waals surface area contributed by atoms with E-state index in [1.807, 2.05) is 49.4 Å². The number of nitrogens with one attached hydrogen (secondary N) is 1. The van der Waals surface area contributed by atoms with Crippen LogP contribution in [-0.2, 0) is 0 Å². The molecular formula is C23H20N6O. The number of carbonyl (C=O) groups excluding carboxylic acids is 1. The van der Waals surface area contributed by atoms with Crippen LogP contribution in [0.15, 0.2) is 67.4 Å². The van der Waals surface area contributed by atoms with Gasteiger partial charge < -0.3 is 9.88 Å². The number of aryl methyl sites for hydroxylation is 1. The van der Waals surface area contributed by atoms with Crippen LogP contribution < -0.4 is 5.32 Å². The minimum atomic E-state index is -0.258. The molecule has 1 amide bonds. The normalized spacial score (nSPS) is 13.2. The van der Waals surface area contributed by atoms with Gasteiger partial charge in [-0.2, -0.15) is 0 Å². The zero-order valence-electron chi connectivity index (χ0n) is 16.5. The molecule has 4 aromatic rings. The Labute approximate surface area is 173 Å². The highest BCUT2D eigenvalue weighted by Crippen LogP contribution is 2.37. The first-order valence-corrected chi connectivity index (χ1v) is 9.88. The van der Waals surface area contributed by atoms with E-state index in [-0.39, 0.29) is 5.91 Å².